The van der Waals surface area contributed by atoms with Crippen molar-refractivity contribution in [1.29, 1.82) is 0 Å². The van der Waals surface area contributed by atoms with Gasteiger partial charge < -0.3 is 15.3 Å². The number of carbonyl (C=O) groups is 2. The molecule has 0 radical (unpaired) electrons. The summed E-state index contributed by atoms with van der Waals surface area (Å²) in [6, 6.07) is 5.15. The summed E-state index contributed by atoms with van der Waals surface area (Å²) >= 11 is 0.318. The van der Waals surface area contributed by atoms with E-state index in [-0.39, 0.29) is 16.6 Å². The molecule has 0 saturated carbocycles. The molecule has 2 amide bonds. The Balaban J connectivity index is 2.88. The molecule has 0 aliphatic heterocycles. The number of hydrogen-bond acceptors (Lipinski definition) is 3. The number of carboxylic acids is 1. The van der Waals surface area contributed by atoms with Crippen LogP contribution in [0.1, 0.15) is 13.8 Å². The molecule has 0 aliphatic rings. The van der Waals surface area contributed by atoms with Gasteiger partial charge in [0.2, 0.25) is 0 Å². The molecular weight excluding hydrogens is 302 g/mol. The molecule has 0 heterocycles. The van der Waals surface area contributed by atoms with E-state index in [2.05, 4.69) is 5.32 Å². The molecule has 1 aromatic carbocycles. The van der Waals surface area contributed by atoms with Crippen LogP contribution in [0.4, 0.5) is 19.3 Å². The lowest BCUT2D eigenvalue weighted by molar-refractivity contribution is -0.137. The number of thioether (sulfide) groups is 1. The molecule has 0 aliphatic carbocycles. The first-order valence-corrected chi connectivity index (χ1v) is 7.02. The van der Waals surface area contributed by atoms with Gasteiger partial charge in [-0.2, -0.15) is 8.78 Å². The number of urea groups is 1. The van der Waals surface area contributed by atoms with E-state index in [1.165, 1.54) is 12.1 Å². The highest BCUT2D eigenvalue weighted by atomic mass is 32.2. The highest BCUT2D eigenvalue weighted by Gasteiger charge is 2.21. The molecule has 21 heavy (non-hydrogen) atoms. The molecule has 1 rings (SSSR count). The predicted molar refractivity (Wildman–Crippen MR) is 76.8 cm³/mol. The van der Waals surface area contributed by atoms with Gasteiger partial charge in [0.1, 0.15) is 6.54 Å². The number of para-hydroxylation sites is 1. The fraction of sp³-hybridized carbons (Fsp3) is 0.385. The topological polar surface area (TPSA) is 69.6 Å². The second-order valence-corrected chi connectivity index (χ2v) is 5.45. The maximum absolute atomic E-state index is 12.5. The molecule has 5 nitrogen and oxygen atoms in total. The fourth-order valence-corrected chi connectivity index (χ4v) is 2.19. The van der Waals surface area contributed by atoms with Crippen molar-refractivity contribution in [2.45, 2.75) is 30.5 Å². The Hall–Kier alpha value is -1.83. The molecular formula is C13H16F2N2O3S. The smallest absolute Gasteiger partial charge is 0.323 e. The zero-order chi connectivity index (χ0) is 16.0. The molecule has 116 valence electrons. The number of nitrogens with zero attached hydrogens (tertiary/aromatic N) is 1. The molecule has 8 heteroatoms. The second kappa shape index (κ2) is 7.82. The van der Waals surface area contributed by atoms with Gasteiger partial charge in [-0.25, -0.2) is 4.79 Å². The van der Waals surface area contributed by atoms with E-state index in [9.17, 15) is 18.4 Å². The van der Waals surface area contributed by atoms with Gasteiger partial charge in [0.25, 0.3) is 5.76 Å². The van der Waals surface area contributed by atoms with E-state index >= 15 is 0 Å². The summed E-state index contributed by atoms with van der Waals surface area (Å²) in [6.07, 6.45) is 0. The quantitative estimate of drug-likeness (QED) is 0.789. The van der Waals surface area contributed by atoms with Crippen LogP contribution >= 0.6 is 11.8 Å². The first kappa shape index (κ1) is 17.2. The van der Waals surface area contributed by atoms with Crippen molar-refractivity contribution in [3.8, 4) is 0 Å². The normalized spacial score (nSPS) is 10.8. The second-order valence-electron chi connectivity index (χ2n) is 4.42. The fourth-order valence-electron chi connectivity index (χ4n) is 1.59. The van der Waals surface area contributed by atoms with E-state index in [4.69, 9.17) is 5.11 Å². The summed E-state index contributed by atoms with van der Waals surface area (Å²) in [7, 11) is 0. The Morgan fingerprint density at radius 2 is 1.95 bits per heavy atom. The highest BCUT2D eigenvalue weighted by Crippen LogP contribution is 2.31. The number of amides is 2. The van der Waals surface area contributed by atoms with Gasteiger partial charge in [0.15, 0.2) is 0 Å². The van der Waals surface area contributed by atoms with Crippen molar-refractivity contribution < 1.29 is 23.5 Å². The average Bonchev–Trinajstić information content (AvgIpc) is 2.37. The average molecular weight is 318 g/mol. The van der Waals surface area contributed by atoms with Gasteiger partial charge in [-0.05, 0) is 26.0 Å². The van der Waals surface area contributed by atoms with Crippen LogP contribution in [0.3, 0.4) is 0 Å². The highest BCUT2D eigenvalue weighted by molar-refractivity contribution is 7.99. The van der Waals surface area contributed by atoms with E-state index in [0.717, 1.165) is 4.90 Å². The number of alkyl halides is 2. The van der Waals surface area contributed by atoms with Crippen molar-refractivity contribution in [3.63, 3.8) is 0 Å². The van der Waals surface area contributed by atoms with Crippen LogP contribution in [-0.2, 0) is 4.79 Å². The summed E-state index contributed by atoms with van der Waals surface area (Å²) in [5.74, 6) is -3.75. The summed E-state index contributed by atoms with van der Waals surface area (Å²) in [6.45, 7) is 2.87. The third kappa shape index (κ3) is 5.58. The number of hydrogen-bond donors (Lipinski definition) is 2. The van der Waals surface area contributed by atoms with Crippen molar-refractivity contribution >= 4 is 29.4 Å². The Morgan fingerprint density at radius 3 is 2.48 bits per heavy atom. The monoisotopic (exact) mass is 318 g/mol. The molecule has 0 unspecified atom stereocenters. The summed E-state index contributed by atoms with van der Waals surface area (Å²) in [5.41, 5.74) is 0.226. The molecule has 1 aromatic rings. The van der Waals surface area contributed by atoms with Gasteiger partial charge in [0.05, 0.1) is 5.69 Å². The standard InChI is InChI=1S/C13H16F2N2O3S/c1-8(2)17(7-11(18)19)13(20)16-9-5-3-4-6-10(9)21-12(14)15/h3-6,8,12H,7H2,1-2H3,(H,16,20)(H,18,19). The summed E-state index contributed by atoms with van der Waals surface area (Å²) in [4.78, 5) is 24.2. The number of carbonyl (C=O) groups excluding carboxylic acids is 1. The van der Waals surface area contributed by atoms with Crippen LogP contribution < -0.4 is 5.32 Å². The molecule has 2 N–H and O–H groups in total. The van der Waals surface area contributed by atoms with Gasteiger partial charge in [0, 0.05) is 10.9 Å². The first-order chi connectivity index (χ1) is 9.81. The van der Waals surface area contributed by atoms with Crippen molar-refractivity contribution in [2.75, 3.05) is 11.9 Å². The van der Waals surface area contributed by atoms with Crippen molar-refractivity contribution in [3.05, 3.63) is 24.3 Å². The number of carboxylic acid groups (broad SMARTS) is 1. The summed E-state index contributed by atoms with van der Waals surface area (Å²) in [5, 5.41) is 11.3. The third-order valence-electron chi connectivity index (χ3n) is 2.53. The summed E-state index contributed by atoms with van der Waals surface area (Å²) < 4.78 is 24.9. The van der Waals surface area contributed by atoms with Gasteiger partial charge in [-0.3, -0.25) is 4.79 Å². The van der Waals surface area contributed by atoms with E-state index in [1.807, 2.05) is 0 Å². The number of aliphatic carboxylic acids is 1. The van der Waals surface area contributed by atoms with Crippen LogP contribution in [0.2, 0.25) is 0 Å². The Bertz CT molecular complexity index is 512. The largest absolute Gasteiger partial charge is 0.480 e. The number of benzene rings is 1. The maximum Gasteiger partial charge on any atom is 0.323 e. The molecule has 0 bridgehead atoms. The third-order valence-corrected chi connectivity index (χ3v) is 3.32. The van der Waals surface area contributed by atoms with Gasteiger partial charge in [-0.1, -0.05) is 23.9 Å². The minimum absolute atomic E-state index is 0.222. The SMILES string of the molecule is CC(C)N(CC(=O)O)C(=O)Nc1ccccc1SC(F)F. The minimum Gasteiger partial charge on any atom is -0.480 e. The Morgan fingerprint density at radius 1 is 1.33 bits per heavy atom. The number of halogens is 2. The Kier molecular flexibility index (Phi) is 6.41. The van der Waals surface area contributed by atoms with Crippen LogP contribution in [0.5, 0.6) is 0 Å². The van der Waals surface area contributed by atoms with Crippen LogP contribution in [0.25, 0.3) is 0 Å². The van der Waals surface area contributed by atoms with Crippen LogP contribution in [-0.4, -0.2) is 40.4 Å². The van der Waals surface area contributed by atoms with Crippen molar-refractivity contribution in [1.82, 2.24) is 4.90 Å². The van der Waals surface area contributed by atoms with Gasteiger partial charge >= 0.3 is 12.0 Å². The van der Waals surface area contributed by atoms with E-state index in [1.54, 1.807) is 26.0 Å². The molecule has 0 saturated heterocycles. The van der Waals surface area contributed by atoms with Crippen molar-refractivity contribution in [2.24, 2.45) is 0 Å². The van der Waals surface area contributed by atoms with Crippen LogP contribution in [0, 0.1) is 0 Å². The number of nitrogens with one attached hydrogen (secondary N) is 1. The van der Waals surface area contributed by atoms with E-state index < -0.39 is 24.3 Å². The first-order valence-electron chi connectivity index (χ1n) is 6.14. The number of anilines is 1. The number of rotatable bonds is 6. The van der Waals surface area contributed by atoms with Gasteiger partial charge in [-0.15, -0.1) is 0 Å². The molecule has 0 atom stereocenters. The lowest BCUT2D eigenvalue weighted by atomic mass is 10.3. The molecule has 0 fully saturated rings. The minimum atomic E-state index is -2.61. The lowest BCUT2D eigenvalue weighted by Crippen LogP contribution is -2.43. The maximum atomic E-state index is 12.5. The molecule has 0 aromatic heterocycles. The predicted octanol–water partition coefficient (Wildman–Crippen LogP) is 3.33. The zero-order valence-electron chi connectivity index (χ0n) is 11.5. The molecule has 0 spiro atoms. The van der Waals surface area contributed by atoms with E-state index in [0.29, 0.717) is 11.8 Å². The Labute approximate surface area is 125 Å². The van der Waals surface area contributed by atoms with Crippen LogP contribution in [0.15, 0.2) is 29.2 Å². The lowest BCUT2D eigenvalue weighted by Gasteiger charge is -2.25. The zero-order valence-corrected chi connectivity index (χ0v) is 12.4.